The van der Waals surface area contributed by atoms with Crippen molar-refractivity contribution in [2.75, 3.05) is 33.0 Å². The summed E-state index contributed by atoms with van der Waals surface area (Å²) >= 11 is 0. The number of H-pyrrole nitrogens is 1. The van der Waals surface area contributed by atoms with Gasteiger partial charge in [0.1, 0.15) is 0 Å². The molecule has 1 aromatic heterocycles. The lowest BCUT2D eigenvalue weighted by molar-refractivity contribution is 0.121. The number of nitrogens with one attached hydrogen (secondary N) is 1. The fourth-order valence-corrected chi connectivity index (χ4v) is 4.78. The number of pyridine rings is 1. The van der Waals surface area contributed by atoms with Crippen molar-refractivity contribution in [3.8, 4) is 11.5 Å². The molecule has 0 aliphatic carbocycles. The Kier molecular flexibility index (Phi) is 5.20. The Bertz CT molecular complexity index is 1190. The molecule has 0 spiro atoms. The van der Waals surface area contributed by atoms with Crippen molar-refractivity contribution in [3.63, 3.8) is 0 Å². The van der Waals surface area contributed by atoms with E-state index in [1.54, 1.807) is 0 Å². The minimum Gasteiger partial charge on any atom is -0.454 e. The molecule has 1 N–H and O–H groups in total. The number of fused-ring (bicyclic) bond motifs is 2. The van der Waals surface area contributed by atoms with Gasteiger partial charge in [-0.1, -0.05) is 12.1 Å². The van der Waals surface area contributed by atoms with Gasteiger partial charge in [-0.25, -0.2) is 0 Å². The molecule has 0 atom stereocenters. The number of ether oxygens (including phenoxy) is 2. The molecule has 1 saturated heterocycles. The predicted octanol–water partition coefficient (Wildman–Crippen LogP) is 3.50. The largest absolute Gasteiger partial charge is 0.454 e. The number of nitrogens with zero attached hydrogens (tertiary/aromatic N) is 2. The Balaban J connectivity index is 1.26. The van der Waals surface area contributed by atoms with E-state index in [1.807, 2.05) is 19.9 Å². The van der Waals surface area contributed by atoms with Crippen LogP contribution in [0.15, 0.2) is 35.1 Å². The zero-order chi connectivity index (χ0) is 21.5. The molecule has 0 bridgehead atoms. The number of benzene rings is 2. The van der Waals surface area contributed by atoms with Crippen LogP contribution in [-0.2, 0) is 13.1 Å². The summed E-state index contributed by atoms with van der Waals surface area (Å²) in [6, 6.07) is 10.3. The minimum atomic E-state index is 0.173. The van der Waals surface area contributed by atoms with E-state index >= 15 is 0 Å². The van der Waals surface area contributed by atoms with Crippen molar-refractivity contribution in [2.45, 2.75) is 33.9 Å². The summed E-state index contributed by atoms with van der Waals surface area (Å²) < 4.78 is 10.9. The number of aryl methyl sites for hydroxylation is 3. The Morgan fingerprint density at radius 2 is 1.61 bits per heavy atom. The fraction of sp³-hybridized carbons (Fsp3) is 0.400. The fourth-order valence-electron chi connectivity index (χ4n) is 4.78. The summed E-state index contributed by atoms with van der Waals surface area (Å²) in [5.74, 6) is 1.67. The molecule has 0 saturated carbocycles. The second kappa shape index (κ2) is 8.02. The van der Waals surface area contributed by atoms with Crippen molar-refractivity contribution in [2.24, 2.45) is 0 Å². The number of piperazine rings is 1. The van der Waals surface area contributed by atoms with Crippen molar-refractivity contribution < 1.29 is 9.47 Å². The summed E-state index contributed by atoms with van der Waals surface area (Å²) in [7, 11) is 0. The summed E-state index contributed by atoms with van der Waals surface area (Å²) in [6.07, 6.45) is 0. The van der Waals surface area contributed by atoms with Crippen LogP contribution in [0.5, 0.6) is 11.5 Å². The zero-order valence-corrected chi connectivity index (χ0v) is 18.5. The van der Waals surface area contributed by atoms with Crippen LogP contribution in [0, 0.1) is 20.8 Å². The van der Waals surface area contributed by atoms with Crippen molar-refractivity contribution in [3.05, 3.63) is 68.5 Å². The second-order valence-electron chi connectivity index (χ2n) is 8.80. The van der Waals surface area contributed by atoms with E-state index in [-0.39, 0.29) is 5.43 Å². The van der Waals surface area contributed by atoms with Gasteiger partial charge in [-0.05, 0) is 55.7 Å². The average molecular weight is 420 g/mol. The normalized spacial score (nSPS) is 16.9. The van der Waals surface area contributed by atoms with Gasteiger partial charge in [-0.15, -0.1) is 0 Å². The molecule has 2 aliphatic rings. The highest BCUT2D eigenvalue weighted by Gasteiger charge is 2.21. The first-order chi connectivity index (χ1) is 15.0. The first kappa shape index (κ1) is 20.1. The van der Waals surface area contributed by atoms with E-state index < -0.39 is 0 Å². The molecular weight excluding hydrogens is 390 g/mol. The Morgan fingerprint density at radius 1 is 0.903 bits per heavy atom. The van der Waals surface area contributed by atoms with Crippen LogP contribution in [0.3, 0.4) is 0 Å². The SMILES string of the molecule is Cc1cc(C)c2c(=O)c(CN3CCN(Cc4ccc5c(c4)OCO5)CC3)c(C)[nH]c2c1. The summed E-state index contributed by atoms with van der Waals surface area (Å²) in [5.41, 5.74) is 6.44. The molecule has 3 heterocycles. The lowest BCUT2D eigenvalue weighted by Crippen LogP contribution is -2.46. The third kappa shape index (κ3) is 3.93. The van der Waals surface area contributed by atoms with Crippen LogP contribution in [0.25, 0.3) is 10.9 Å². The first-order valence-electron chi connectivity index (χ1n) is 10.9. The molecule has 2 aromatic carbocycles. The van der Waals surface area contributed by atoms with Gasteiger partial charge >= 0.3 is 0 Å². The highest BCUT2D eigenvalue weighted by Crippen LogP contribution is 2.32. The van der Waals surface area contributed by atoms with Gasteiger partial charge < -0.3 is 14.5 Å². The Morgan fingerprint density at radius 3 is 2.39 bits per heavy atom. The lowest BCUT2D eigenvalue weighted by atomic mass is 10.0. The maximum Gasteiger partial charge on any atom is 0.231 e. The molecule has 6 heteroatoms. The standard InChI is InChI=1S/C25H29N3O3/c1-16-10-17(2)24-21(11-16)26-18(3)20(25(24)29)14-28-8-6-27(7-9-28)13-19-4-5-22-23(12-19)31-15-30-22/h4-5,10-12H,6-9,13-15H2,1-3H3,(H,26,29). The highest BCUT2D eigenvalue weighted by atomic mass is 16.7. The van der Waals surface area contributed by atoms with Gasteiger partial charge in [0.05, 0.1) is 5.52 Å². The quantitative estimate of drug-likeness (QED) is 0.702. The summed E-state index contributed by atoms with van der Waals surface area (Å²) in [4.78, 5) is 21.6. The van der Waals surface area contributed by atoms with Crippen LogP contribution in [0.2, 0.25) is 0 Å². The number of aromatic nitrogens is 1. The van der Waals surface area contributed by atoms with Gasteiger partial charge in [0.15, 0.2) is 16.9 Å². The van der Waals surface area contributed by atoms with E-state index in [0.29, 0.717) is 13.3 Å². The van der Waals surface area contributed by atoms with Gasteiger partial charge in [0.2, 0.25) is 6.79 Å². The lowest BCUT2D eigenvalue weighted by Gasteiger charge is -2.34. The van der Waals surface area contributed by atoms with E-state index in [9.17, 15) is 4.79 Å². The molecule has 1 fully saturated rings. The molecule has 0 unspecified atom stereocenters. The minimum absolute atomic E-state index is 0.173. The van der Waals surface area contributed by atoms with Crippen molar-refractivity contribution >= 4 is 10.9 Å². The summed E-state index contributed by atoms with van der Waals surface area (Å²) in [6.45, 7) is 11.9. The van der Waals surface area contributed by atoms with E-state index in [1.165, 1.54) is 11.1 Å². The third-order valence-electron chi connectivity index (χ3n) is 6.45. The maximum absolute atomic E-state index is 13.3. The number of hydrogen-bond acceptors (Lipinski definition) is 5. The number of hydrogen-bond donors (Lipinski definition) is 1. The van der Waals surface area contributed by atoms with Gasteiger partial charge in [-0.3, -0.25) is 14.6 Å². The van der Waals surface area contributed by atoms with Gasteiger partial charge in [-0.2, -0.15) is 0 Å². The molecule has 5 rings (SSSR count). The van der Waals surface area contributed by atoms with Crippen molar-refractivity contribution in [1.29, 1.82) is 0 Å². The predicted molar refractivity (Wildman–Crippen MR) is 122 cm³/mol. The summed E-state index contributed by atoms with van der Waals surface area (Å²) in [5, 5.41) is 0.827. The van der Waals surface area contributed by atoms with Crippen molar-refractivity contribution in [1.82, 2.24) is 14.8 Å². The van der Waals surface area contributed by atoms with Crippen LogP contribution >= 0.6 is 0 Å². The van der Waals surface area contributed by atoms with Gasteiger partial charge in [0.25, 0.3) is 0 Å². The number of aromatic amines is 1. The molecule has 2 aliphatic heterocycles. The maximum atomic E-state index is 13.3. The van der Waals surface area contributed by atoms with Crippen LogP contribution in [0.4, 0.5) is 0 Å². The topological polar surface area (TPSA) is 57.8 Å². The zero-order valence-electron chi connectivity index (χ0n) is 18.5. The molecule has 162 valence electrons. The van der Waals surface area contributed by atoms with Crippen LogP contribution in [0.1, 0.15) is 27.9 Å². The van der Waals surface area contributed by atoms with E-state index in [4.69, 9.17) is 9.47 Å². The number of rotatable bonds is 4. The first-order valence-corrected chi connectivity index (χ1v) is 10.9. The average Bonchev–Trinajstić information content (AvgIpc) is 3.19. The Labute approximate surface area is 182 Å². The molecule has 0 radical (unpaired) electrons. The van der Waals surface area contributed by atoms with Crippen LogP contribution in [-0.4, -0.2) is 47.8 Å². The molecule has 0 amide bonds. The Hall–Kier alpha value is -2.83. The third-order valence-corrected chi connectivity index (χ3v) is 6.45. The van der Waals surface area contributed by atoms with Gasteiger partial charge in [0, 0.05) is 55.9 Å². The van der Waals surface area contributed by atoms with E-state index in [2.05, 4.69) is 46.0 Å². The second-order valence-corrected chi connectivity index (χ2v) is 8.80. The van der Waals surface area contributed by atoms with Crippen LogP contribution < -0.4 is 14.9 Å². The smallest absolute Gasteiger partial charge is 0.231 e. The molecule has 31 heavy (non-hydrogen) atoms. The molecule has 6 nitrogen and oxygen atoms in total. The molecular formula is C25H29N3O3. The molecule has 3 aromatic rings. The monoisotopic (exact) mass is 419 g/mol. The highest BCUT2D eigenvalue weighted by molar-refractivity contribution is 5.83. The van der Waals surface area contributed by atoms with E-state index in [0.717, 1.165) is 71.9 Å².